The summed E-state index contributed by atoms with van der Waals surface area (Å²) in [5.41, 5.74) is 0. The van der Waals surface area contributed by atoms with Gasteiger partial charge in [0, 0.05) is 6.04 Å². The van der Waals surface area contributed by atoms with Gasteiger partial charge in [0.1, 0.15) is 0 Å². The van der Waals surface area contributed by atoms with Crippen molar-refractivity contribution in [2.24, 2.45) is 0 Å². The minimum absolute atomic E-state index is 0.0463. The first-order chi connectivity index (χ1) is 8.74. The van der Waals surface area contributed by atoms with Crippen molar-refractivity contribution in [1.29, 1.82) is 0 Å². The lowest BCUT2D eigenvalue weighted by Gasteiger charge is -2.11. The smallest absolute Gasteiger partial charge is 0.233 e. The molecular formula is C11H17N5OS. The van der Waals surface area contributed by atoms with Crippen LogP contribution in [0, 0.1) is 0 Å². The molecule has 2 saturated carbocycles. The lowest BCUT2D eigenvalue weighted by molar-refractivity contribution is -0.120. The molecule has 3 rings (SSSR count). The molecule has 18 heavy (non-hydrogen) atoms. The molecule has 6 nitrogen and oxygen atoms in total. The van der Waals surface area contributed by atoms with Crippen molar-refractivity contribution in [3.05, 3.63) is 5.82 Å². The van der Waals surface area contributed by atoms with Crippen LogP contribution in [0.3, 0.4) is 0 Å². The maximum Gasteiger partial charge on any atom is 0.233 e. The molecule has 1 amide bonds. The summed E-state index contributed by atoms with van der Waals surface area (Å²) in [5.74, 6) is 1.71. The molecule has 0 radical (unpaired) electrons. The van der Waals surface area contributed by atoms with Crippen LogP contribution in [0.1, 0.15) is 44.5 Å². The first-order valence-electron chi connectivity index (χ1n) is 6.43. The third-order valence-corrected chi connectivity index (χ3v) is 4.35. The largest absolute Gasteiger partial charge is 0.352 e. The maximum atomic E-state index is 11.8. The van der Waals surface area contributed by atoms with Gasteiger partial charge in [-0.2, -0.15) is 0 Å². The van der Waals surface area contributed by atoms with E-state index < -0.39 is 0 Å². The molecule has 0 spiro atoms. The van der Waals surface area contributed by atoms with Gasteiger partial charge in [0.05, 0.1) is 17.0 Å². The first kappa shape index (κ1) is 12.0. The number of rotatable bonds is 6. The predicted molar refractivity (Wildman–Crippen MR) is 68.0 cm³/mol. The van der Waals surface area contributed by atoms with Gasteiger partial charge in [-0.15, -0.1) is 16.9 Å². The van der Waals surface area contributed by atoms with E-state index >= 15 is 0 Å². The fourth-order valence-corrected chi connectivity index (χ4v) is 2.54. The van der Waals surface area contributed by atoms with Crippen LogP contribution in [0.25, 0.3) is 0 Å². The van der Waals surface area contributed by atoms with Crippen molar-refractivity contribution < 1.29 is 4.79 Å². The quantitative estimate of drug-likeness (QED) is 0.829. The Labute approximate surface area is 110 Å². The Morgan fingerprint density at radius 3 is 2.94 bits per heavy atom. The van der Waals surface area contributed by atoms with Gasteiger partial charge < -0.3 is 5.32 Å². The molecule has 0 unspecified atom stereocenters. The van der Waals surface area contributed by atoms with Crippen LogP contribution in [-0.2, 0) is 10.5 Å². The van der Waals surface area contributed by atoms with Crippen LogP contribution in [0.4, 0.5) is 0 Å². The summed E-state index contributed by atoms with van der Waals surface area (Å²) in [7, 11) is 0. The Hall–Kier alpha value is -1.11. The Morgan fingerprint density at radius 1 is 1.50 bits per heavy atom. The summed E-state index contributed by atoms with van der Waals surface area (Å²) in [6, 6.07) is 0.920. The summed E-state index contributed by atoms with van der Waals surface area (Å²) in [4.78, 5) is 11.8. The van der Waals surface area contributed by atoms with Gasteiger partial charge in [0.15, 0.2) is 5.82 Å². The Kier molecular flexibility index (Phi) is 3.23. The van der Waals surface area contributed by atoms with Crippen molar-refractivity contribution in [1.82, 2.24) is 25.5 Å². The van der Waals surface area contributed by atoms with Crippen LogP contribution >= 0.6 is 11.8 Å². The second-order valence-corrected chi connectivity index (χ2v) is 6.34. The van der Waals surface area contributed by atoms with Gasteiger partial charge in [-0.1, -0.05) is 0 Å². The van der Waals surface area contributed by atoms with Crippen LogP contribution in [0.15, 0.2) is 0 Å². The van der Waals surface area contributed by atoms with Crippen molar-refractivity contribution in [3.8, 4) is 0 Å². The molecule has 0 aliphatic heterocycles. The van der Waals surface area contributed by atoms with Crippen LogP contribution in [-0.4, -0.2) is 37.4 Å². The molecule has 0 aromatic carbocycles. The number of tetrazole rings is 1. The number of nitrogens with one attached hydrogen (secondary N) is 1. The van der Waals surface area contributed by atoms with Gasteiger partial charge in [-0.25, -0.2) is 4.68 Å². The molecule has 7 heteroatoms. The Bertz CT molecular complexity index is 440. The van der Waals surface area contributed by atoms with Gasteiger partial charge in [-0.05, 0) is 43.0 Å². The molecule has 1 atom stereocenters. The Balaban J connectivity index is 1.50. The van der Waals surface area contributed by atoms with E-state index in [1.165, 1.54) is 12.8 Å². The molecule has 2 aliphatic carbocycles. The third-order valence-electron chi connectivity index (χ3n) is 3.21. The van der Waals surface area contributed by atoms with E-state index in [0.29, 0.717) is 17.8 Å². The standard InChI is InChI=1S/C11H17N5OS/c1-7(11(17)12-8-2-3-8)18-6-10-13-14-15-16(10)9-4-5-9/h7-9H,2-6H2,1H3,(H,12,17)/t7-/m0/s1. The van der Waals surface area contributed by atoms with Crippen molar-refractivity contribution >= 4 is 17.7 Å². The highest BCUT2D eigenvalue weighted by Gasteiger charge is 2.29. The number of carbonyl (C=O) groups is 1. The summed E-state index contributed by atoms with van der Waals surface area (Å²) in [6.45, 7) is 1.94. The second-order valence-electron chi connectivity index (χ2n) is 5.01. The molecule has 2 aliphatic rings. The average Bonchev–Trinajstić information content (AvgIpc) is 3.28. The number of hydrogen-bond donors (Lipinski definition) is 1. The summed E-state index contributed by atoms with van der Waals surface area (Å²) in [5, 5.41) is 14.7. The van der Waals surface area contributed by atoms with Gasteiger partial charge in [0.25, 0.3) is 0 Å². The van der Waals surface area contributed by atoms with E-state index in [9.17, 15) is 4.79 Å². The molecule has 1 aromatic rings. The molecule has 1 N–H and O–H groups in total. The first-order valence-corrected chi connectivity index (χ1v) is 7.47. The van der Waals surface area contributed by atoms with Gasteiger partial charge in [-0.3, -0.25) is 4.79 Å². The summed E-state index contributed by atoms with van der Waals surface area (Å²) < 4.78 is 1.90. The monoisotopic (exact) mass is 267 g/mol. The predicted octanol–water partition coefficient (Wildman–Crippen LogP) is 0.908. The molecular weight excluding hydrogens is 250 g/mol. The minimum atomic E-state index is -0.0463. The lowest BCUT2D eigenvalue weighted by atomic mass is 10.4. The molecule has 2 fully saturated rings. The van der Waals surface area contributed by atoms with Crippen LogP contribution in [0.5, 0.6) is 0 Å². The minimum Gasteiger partial charge on any atom is -0.352 e. The SMILES string of the molecule is C[C@H](SCc1nnnn1C1CC1)C(=O)NC1CC1. The van der Waals surface area contributed by atoms with E-state index in [0.717, 1.165) is 18.7 Å². The number of aromatic nitrogens is 4. The van der Waals surface area contributed by atoms with E-state index in [1.54, 1.807) is 11.8 Å². The highest BCUT2D eigenvalue weighted by Crippen LogP contribution is 2.35. The average molecular weight is 267 g/mol. The van der Waals surface area contributed by atoms with Gasteiger partial charge in [0.2, 0.25) is 5.91 Å². The van der Waals surface area contributed by atoms with Crippen LogP contribution < -0.4 is 5.32 Å². The number of amides is 1. The fraction of sp³-hybridized carbons (Fsp3) is 0.818. The molecule has 1 heterocycles. The molecule has 0 saturated heterocycles. The van der Waals surface area contributed by atoms with E-state index in [1.807, 2.05) is 11.6 Å². The number of nitrogens with zero attached hydrogens (tertiary/aromatic N) is 4. The van der Waals surface area contributed by atoms with Gasteiger partial charge >= 0.3 is 0 Å². The maximum absolute atomic E-state index is 11.8. The zero-order valence-corrected chi connectivity index (χ0v) is 11.2. The fourth-order valence-electron chi connectivity index (χ4n) is 1.73. The zero-order valence-electron chi connectivity index (χ0n) is 10.4. The number of hydrogen-bond acceptors (Lipinski definition) is 5. The molecule has 98 valence electrons. The normalized spacial score (nSPS) is 20.7. The Morgan fingerprint density at radius 2 is 2.28 bits per heavy atom. The molecule has 1 aromatic heterocycles. The highest BCUT2D eigenvalue weighted by molar-refractivity contribution is 7.99. The lowest BCUT2D eigenvalue weighted by Crippen LogP contribution is -2.32. The number of carbonyl (C=O) groups excluding carboxylic acids is 1. The summed E-state index contributed by atoms with van der Waals surface area (Å²) >= 11 is 1.60. The topological polar surface area (TPSA) is 72.7 Å². The van der Waals surface area contributed by atoms with Crippen molar-refractivity contribution in [2.45, 2.75) is 55.7 Å². The third kappa shape index (κ3) is 2.82. The zero-order chi connectivity index (χ0) is 12.5. The van der Waals surface area contributed by atoms with E-state index in [4.69, 9.17) is 0 Å². The van der Waals surface area contributed by atoms with Crippen molar-refractivity contribution in [2.75, 3.05) is 0 Å². The second kappa shape index (κ2) is 4.87. The summed E-state index contributed by atoms with van der Waals surface area (Å²) in [6.07, 6.45) is 4.59. The van der Waals surface area contributed by atoms with Crippen molar-refractivity contribution in [3.63, 3.8) is 0 Å². The van der Waals surface area contributed by atoms with E-state index in [2.05, 4.69) is 20.8 Å². The van der Waals surface area contributed by atoms with Crippen LogP contribution in [0.2, 0.25) is 0 Å². The molecule has 0 bridgehead atoms. The highest BCUT2D eigenvalue weighted by atomic mass is 32.2. The number of thioether (sulfide) groups is 1. The van der Waals surface area contributed by atoms with E-state index in [-0.39, 0.29) is 11.2 Å².